The fraction of sp³-hybridized carbons (Fsp3) is 0.167. The number of rotatable bonds is 9. The van der Waals surface area contributed by atoms with Crippen LogP contribution in [-0.2, 0) is 22.6 Å². The van der Waals surface area contributed by atoms with Gasteiger partial charge in [0.05, 0.1) is 12.3 Å². The summed E-state index contributed by atoms with van der Waals surface area (Å²) < 4.78 is 25.2. The molecule has 1 aliphatic heterocycles. The van der Waals surface area contributed by atoms with Crippen molar-refractivity contribution >= 4 is 41.2 Å². The summed E-state index contributed by atoms with van der Waals surface area (Å²) >= 11 is 6.20. The number of aryl methyl sites for hydroxylation is 1. The molecule has 1 heterocycles. The Balaban J connectivity index is 1.72. The van der Waals surface area contributed by atoms with E-state index in [2.05, 4.69) is 11.9 Å². The highest BCUT2D eigenvalue weighted by Crippen LogP contribution is 2.36. The fourth-order valence-corrected chi connectivity index (χ4v) is 4.19. The van der Waals surface area contributed by atoms with Crippen LogP contribution in [0.4, 0.5) is 14.9 Å². The molecule has 200 valence electrons. The van der Waals surface area contributed by atoms with E-state index in [1.54, 1.807) is 49.4 Å². The molecule has 3 aromatic rings. The Morgan fingerprint density at radius 3 is 2.46 bits per heavy atom. The van der Waals surface area contributed by atoms with E-state index in [4.69, 9.17) is 21.1 Å². The molecule has 1 fully saturated rings. The Morgan fingerprint density at radius 2 is 1.79 bits per heavy atom. The van der Waals surface area contributed by atoms with Gasteiger partial charge in [0.15, 0.2) is 11.5 Å². The summed E-state index contributed by atoms with van der Waals surface area (Å²) in [6, 6.07) is 13.2. The first-order valence-corrected chi connectivity index (χ1v) is 12.5. The number of halogens is 2. The van der Waals surface area contributed by atoms with Gasteiger partial charge in [0.2, 0.25) is 0 Å². The number of barbiturate groups is 1. The van der Waals surface area contributed by atoms with Gasteiger partial charge in [0.1, 0.15) is 18.0 Å². The minimum absolute atomic E-state index is 0.169. The lowest BCUT2D eigenvalue weighted by Gasteiger charge is -2.26. The van der Waals surface area contributed by atoms with Crippen LogP contribution < -0.4 is 19.7 Å². The molecule has 39 heavy (non-hydrogen) atoms. The summed E-state index contributed by atoms with van der Waals surface area (Å²) in [6.45, 7) is 7.92. The Morgan fingerprint density at radius 1 is 1.05 bits per heavy atom. The number of imide groups is 2. The first-order chi connectivity index (χ1) is 18.7. The number of nitrogens with one attached hydrogen (secondary N) is 1. The van der Waals surface area contributed by atoms with Gasteiger partial charge in [-0.15, -0.1) is 6.58 Å². The van der Waals surface area contributed by atoms with Gasteiger partial charge >= 0.3 is 6.03 Å². The van der Waals surface area contributed by atoms with Crippen molar-refractivity contribution < 1.29 is 28.2 Å². The molecule has 0 aliphatic carbocycles. The second-order valence-electron chi connectivity index (χ2n) is 8.74. The highest BCUT2D eigenvalue weighted by molar-refractivity contribution is 6.39. The lowest BCUT2D eigenvalue weighted by molar-refractivity contribution is -0.122. The van der Waals surface area contributed by atoms with E-state index in [1.165, 1.54) is 24.3 Å². The first kappa shape index (κ1) is 27.6. The van der Waals surface area contributed by atoms with Crippen molar-refractivity contribution in [1.29, 1.82) is 0 Å². The lowest BCUT2D eigenvalue weighted by Crippen LogP contribution is -2.54. The number of nitrogens with zero attached hydrogens (tertiary/aromatic N) is 1. The quantitative estimate of drug-likeness (QED) is 0.197. The SMILES string of the molecule is C=CCc1cc(/C=C2/C(=O)NC(=O)N(c3ccc(C)c(Cl)c3)C2=O)cc(OCC)c1OCc1ccc(F)cc1. The molecule has 0 unspecified atom stereocenters. The van der Waals surface area contributed by atoms with Crippen LogP contribution in [0.2, 0.25) is 5.02 Å². The van der Waals surface area contributed by atoms with Crippen LogP contribution in [0.15, 0.2) is 72.8 Å². The summed E-state index contributed by atoms with van der Waals surface area (Å²) in [7, 11) is 0. The van der Waals surface area contributed by atoms with Crippen molar-refractivity contribution in [3.63, 3.8) is 0 Å². The topological polar surface area (TPSA) is 84.9 Å². The summed E-state index contributed by atoms with van der Waals surface area (Å²) in [5.74, 6) is -1.09. The molecule has 7 nitrogen and oxygen atoms in total. The zero-order valence-corrected chi connectivity index (χ0v) is 22.2. The molecule has 1 N–H and O–H groups in total. The number of amides is 4. The standard InChI is InChI=1S/C30H26ClFN2O5/c1-4-6-21-13-20(15-26(38-5-2)27(21)39-17-19-8-10-22(32)11-9-19)14-24-28(35)33-30(37)34(29(24)36)23-12-7-18(3)25(31)16-23/h4,7-16H,1,5-6,17H2,2-3H3,(H,33,35,37)/b24-14-. The number of carbonyl (C=O) groups excluding carboxylic acids is 3. The van der Waals surface area contributed by atoms with E-state index in [0.29, 0.717) is 40.7 Å². The molecule has 0 bridgehead atoms. The molecule has 0 saturated carbocycles. The van der Waals surface area contributed by atoms with Gasteiger partial charge in [-0.2, -0.15) is 0 Å². The molecule has 4 amide bonds. The Hall–Kier alpha value is -4.43. The number of allylic oxidation sites excluding steroid dienone is 1. The number of anilines is 1. The van der Waals surface area contributed by atoms with E-state index < -0.39 is 17.8 Å². The van der Waals surface area contributed by atoms with Gasteiger partial charge in [0, 0.05) is 10.6 Å². The van der Waals surface area contributed by atoms with Crippen molar-refractivity contribution in [2.45, 2.75) is 26.9 Å². The van der Waals surface area contributed by atoms with Gasteiger partial charge < -0.3 is 9.47 Å². The molecule has 0 radical (unpaired) electrons. The number of carbonyl (C=O) groups is 3. The molecule has 1 saturated heterocycles. The minimum atomic E-state index is -0.867. The predicted molar refractivity (Wildman–Crippen MR) is 147 cm³/mol. The highest BCUT2D eigenvalue weighted by Gasteiger charge is 2.37. The zero-order valence-electron chi connectivity index (χ0n) is 21.4. The largest absolute Gasteiger partial charge is 0.490 e. The number of urea groups is 1. The van der Waals surface area contributed by atoms with E-state index >= 15 is 0 Å². The van der Waals surface area contributed by atoms with Crippen LogP contribution in [0.3, 0.4) is 0 Å². The fourth-order valence-electron chi connectivity index (χ4n) is 4.02. The van der Waals surface area contributed by atoms with Crippen LogP contribution in [-0.4, -0.2) is 24.5 Å². The lowest BCUT2D eigenvalue weighted by atomic mass is 10.0. The van der Waals surface area contributed by atoms with Crippen LogP contribution in [0.1, 0.15) is 29.2 Å². The molecule has 3 aromatic carbocycles. The van der Waals surface area contributed by atoms with Crippen molar-refractivity contribution in [2.24, 2.45) is 0 Å². The molecule has 0 atom stereocenters. The van der Waals surface area contributed by atoms with Crippen LogP contribution in [0, 0.1) is 12.7 Å². The monoisotopic (exact) mass is 548 g/mol. The second kappa shape index (κ2) is 12.0. The normalized spacial score (nSPS) is 14.4. The smallest absolute Gasteiger partial charge is 0.335 e. The summed E-state index contributed by atoms with van der Waals surface area (Å²) in [5.41, 5.74) is 2.72. The van der Waals surface area contributed by atoms with E-state index in [9.17, 15) is 18.8 Å². The molecule has 4 rings (SSSR count). The van der Waals surface area contributed by atoms with Gasteiger partial charge in [-0.05, 0) is 79.4 Å². The minimum Gasteiger partial charge on any atom is -0.490 e. The second-order valence-corrected chi connectivity index (χ2v) is 9.15. The highest BCUT2D eigenvalue weighted by atomic mass is 35.5. The number of hydrogen-bond donors (Lipinski definition) is 1. The summed E-state index contributed by atoms with van der Waals surface area (Å²) in [4.78, 5) is 39.5. The zero-order chi connectivity index (χ0) is 28.1. The average Bonchev–Trinajstić information content (AvgIpc) is 2.89. The molecule has 0 aromatic heterocycles. The van der Waals surface area contributed by atoms with Crippen LogP contribution >= 0.6 is 11.6 Å². The summed E-state index contributed by atoms with van der Waals surface area (Å²) in [5, 5.41) is 2.59. The maximum Gasteiger partial charge on any atom is 0.335 e. The third-order valence-corrected chi connectivity index (χ3v) is 6.35. The van der Waals surface area contributed by atoms with E-state index in [1.807, 2.05) is 6.92 Å². The van der Waals surface area contributed by atoms with Gasteiger partial charge in [-0.25, -0.2) is 14.1 Å². The Kier molecular flexibility index (Phi) is 8.46. The van der Waals surface area contributed by atoms with E-state index in [0.717, 1.165) is 16.0 Å². The van der Waals surface area contributed by atoms with Crippen molar-refractivity contribution in [3.8, 4) is 11.5 Å². The van der Waals surface area contributed by atoms with Crippen molar-refractivity contribution in [3.05, 3.63) is 106 Å². The number of benzene rings is 3. The number of ether oxygens (including phenoxy) is 2. The Labute approximate surface area is 230 Å². The third kappa shape index (κ3) is 6.18. The molecule has 0 spiro atoms. The molecular formula is C30H26ClFN2O5. The number of hydrogen-bond acceptors (Lipinski definition) is 5. The van der Waals surface area contributed by atoms with Crippen LogP contribution in [0.25, 0.3) is 6.08 Å². The molecule has 1 aliphatic rings. The maximum atomic E-state index is 13.4. The van der Waals surface area contributed by atoms with Gasteiger partial charge in [0.25, 0.3) is 11.8 Å². The van der Waals surface area contributed by atoms with Gasteiger partial charge in [-0.1, -0.05) is 35.9 Å². The summed E-state index contributed by atoms with van der Waals surface area (Å²) in [6.07, 6.45) is 3.49. The first-order valence-electron chi connectivity index (χ1n) is 12.2. The Bertz CT molecular complexity index is 1480. The average molecular weight is 549 g/mol. The molecular weight excluding hydrogens is 523 g/mol. The molecule has 9 heteroatoms. The predicted octanol–water partition coefficient (Wildman–Crippen LogP) is 6.16. The maximum absolute atomic E-state index is 13.4. The van der Waals surface area contributed by atoms with Crippen molar-refractivity contribution in [2.75, 3.05) is 11.5 Å². The van der Waals surface area contributed by atoms with Crippen LogP contribution in [0.5, 0.6) is 11.5 Å². The van der Waals surface area contributed by atoms with E-state index in [-0.39, 0.29) is 23.7 Å². The van der Waals surface area contributed by atoms with Gasteiger partial charge in [-0.3, -0.25) is 14.9 Å². The van der Waals surface area contributed by atoms with Crippen molar-refractivity contribution in [1.82, 2.24) is 5.32 Å². The third-order valence-electron chi connectivity index (χ3n) is 5.94.